The predicted molar refractivity (Wildman–Crippen MR) is 82.0 cm³/mol. The lowest BCUT2D eigenvalue weighted by molar-refractivity contribution is -0.116. The van der Waals surface area contributed by atoms with Crippen molar-refractivity contribution < 1.29 is 9.18 Å². The fraction of sp³-hybridized carbons (Fsp3) is 0.188. The van der Waals surface area contributed by atoms with Crippen LogP contribution in [0.4, 0.5) is 4.39 Å². The van der Waals surface area contributed by atoms with Gasteiger partial charge in [0.05, 0.1) is 10.8 Å². The van der Waals surface area contributed by atoms with E-state index in [9.17, 15) is 9.18 Å². The van der Waals surface area contributed by atoms with Crippen LogP contribution in [-0.4, -0.2) is 11.5 Å². The van der Waals surface area contributed by atoms with Crippen LogP contribution in [0.2, 0.25) is 5.02 Å². The Labute approximate surface area is 127 Å². The highest BCUT2D eigenvalue weighted by molar-refractivity contribution is 8.00. The van der Waals surface area contributed by atoms with Crippen molar-refractivity contribution >= 4 is 29.1 Å². The van der Waals surface area contributed by atoms with Crippen molar-refractivity contribution in [3.8, 4) is 0 Å². The molecule has 2 aromatic carbocycles. The van der Waals surface area contributed by atoms with Gasteiger partial charge in [-0.3, -0.25) is 4.79 Å². The van der Waals surface area contributed by atoms with E-state index in [0.717, 1.165) is 4.90 Å². The van der Waals surface area contributed by atoms with Gasteiger partial charge in [0.25, 0.3) is 0 Å². The van der Waals surface area contributed by atoms with Gasteiger partial charge >= 0.3 is 0 Å². The molecule has 0 saturated carbocycles. The van der Waals surface area contributed by atoms with Crippen molar-refractivity contribution in [2.24, 2.45) is 0 Å². The minimum Gasteiger partial charge on any atom is -0.298 e. The lowest BCUT2D eigenvalue weighted by Gasteiger charge is -2.04. The van der Waals surface area contributed by atoms with E-state index in [1.54, 1.807) is 6.07 Å². The molecule has 0 aliphatic heterocycles. The highest BCUT2D eigenvalue weighted by atomic mass is 35.5. The Kier molecular flexibility index (Phi) is 5.21. The number of hydrogen-bond acceptors (Lipinski definition) is 2. The molecule has 0 unspecified atom stereocenters. The van der Waals surface area contributed by atoms with Crippen LogP contribution >= 0.6 is 23.4 Å². The molecule has 0 radical (unpaired) electrons. The Morgan fingerprint density at radius 3 is 2.75 bits per heavy atom. The van der Waals surface area contributed by atoms with Crippen molar-refractivity contribution in [2.45, 2.75) is 18.2 Å². The van der Waals surface area contributed by atoms with Crippen LogP contribution in [0.5, 0.6) is 0 Å². The highest BCUT2D eigenvalue weighted by Crippen LogP contribution is 2.20. The molecule has 0 amide bonds. The predicted octanol–water partition coefficient (Wildman–Crippen LogP) is 4.69. The van der Waals surface area contributed by atoms with Gasteiger partial charge in [0.2, 0.25) is 0 Å². The molecule has 0 heterocycles. The first-order valence-electron chi connectivity index (χ1n) is 6.19. The summed E-state index contributed by atoms with van der Waals surface area (Å²) in [5, 5.41) is 0.0790. The zero-order valence-corrected chi connectivity index (χ0v) is 12.6. The van der Waals surface area contributed by atoms with Crippen molar-refractivity contribution in [3.05, 3.63) is 64.4 Å². The van der Waals surface area contributed by atoms with Gasteiger partial charge in [-0.15, -0.1) is 11.8 Å². The van der Waals surface area contributed by atoms with E-state index >= 15 is 0 Å². The minimum atomic E-state index is -0.483. The summed E-state index contributed by atoms with van der Waals surface area (Å²) >= 11 is 7.11. The van der Waals surface area contributed by atoms with Gasteiger partial charge in [0, 0.05) is 11.3 Å². The van der Waals surface area contributed by atoms with Crippen molar-refractivity contribution in [2.75, 3.05) is 5.75 Å². The maximum Gasteiger partial charge on any atom is 0.147 e. The number of rotatable bonds is 5. The molecule has 1 nitrogen and oxygen atoms in total. The van der Waals surface area contributed by atoms with Gasteiger partial charge in [0.15, 0.2) is 0 Å². The van der Waals surface area contributed by atoms with E-state index < -0.39 is 5.82 Å². The number of benzene rings is 2. The molecule has 0 fully saturated rings. The van der Waals surface area contributed by atoms with Crippen molar-refractivity contribution in [1.82, 2.24) is 0 Å². The number of thioether (sulfide) groups is 1. The number of carbonyl (C=O) groups excluding carboxylic acids is 1. The number of ketones is 1. The Hall–Kier alpha value is -1.32. The Morgan fingerprint density at radius 1 is 1.25 bits per heavy atom. The molecule has 0 aliphatic carbocycles. The lowest BCUT2D eigenvalue weighted by Crippen LogP contribution is -2.05. The molecule has 0 aromatic heterocycles. The number of Topliss-reactive ketones (excluding diaryl/α,β-unsaturated/α-hetero) is 1. The standard InChI is InChI=1S/C16H14ClFOS/c1-11-3-2-4-14(7-11)20-10-13(19)8-12-5-6-15(17)16(18)9-12/h2-7,9H,8,10H2,1H3. The molecular formula is C16H14ClFOS. The molecule has 104 valence electrons. The second-order valence-electron chi connectivity index (χ2n) is 4.57. The van der Waals surface area contributed by atoms with Crippen LogP contribution in [-0.2, 0) is 11.2 Å². The van der Waals surface area contributed by atoms with Crippen LogP contribution < -0.4 is 0 Å². The summed E-state index contributed by atoms with van der Waals surface area (Å²) in [6, 6.07) is 12.5. The van der Waals surface area contributed by atoms with Crippen LogP contribution in [0.3, 0.4) is 0 Å². The van der Waals surface area contributed by atoms with Crippen LogP contribution in [0.1, 0.15) is 11.1 Å². The summed E-state index contributed by atoms with van der Waals surface area (Å²) in [6.45, 7) is 2.02. The number of carbonyl (C=O) groups is 1. The second kappa shape index (κ2) is 6.91. The monoisotopic (exact) mass is 308 g/mol. The molecule has 0 N–H and O–H groups in total. The molecule has 2 rings (SSSR count). The fourth-order valence-electron chi connectivity index (χ4n) is 1.80. The molecule has 0 aliphatic rings. The minimum absolute atomic E-state index is 0.0678. The van der Waals surface area contributed by atoms with E-state index in [0.29, 0.717) is 11.3 Å². The first-order chi connectivity index (χ1) is 9.54. The Bertz CT molecular complexity index is 628. The van der Waals surface area contributed by atoms with E-state index in [2.05, 4.69) is 0 Å². The third kappa shape index (κ3) is 4.36. The lowest BCUT2D eigenvalue weighted by atomic mass is 10.1. The zero-order valence-electron chi connectivity index (χ0n) is 11.0. The summed E-state index contributed by atoms with van der Waals surface area (Å²) in [5.41, 5.74) is 1.82. The Morgan fingerprint density at radius 2 is 2.05 bits per heavy atom. The fourth-order valence-corrected chi connectivity index (χ4v) is 2.79. The number of hydrogen-bond donors (Lipinski definition) is 0. The molecular weight excluding hydrogens is 295 g/mol. The summed E-state index contributed by atoms with van der Waals surface area (Å²) in [7, 11) is 0. The van der Waals surface area contributed by atoms with E-state index in [1.165, 1.54) is 29.5 Å². The summed E-state index contributed by atoms with van der Waals surface area (Å²) in [5.74, 6) is -0.0326. The molecule has 2 aromatic rings. The third-order valence-corrected chi connectivity index (χ3v) is 4.13. The molecule has 0 atom stereocenters. The first-order valence-corrected chi connectivity index (χ1v) is 7.56. The summed E-state index contributed by atoms with van der Waals surface area (Å²) < 4.78 is 13.3. The van der Waals surface area contributed by atoms with Crippen LogP contribution in [0.15, 0.2) is 47.4 Å². The maximum atomic E-state index is 13.3. The average molecular weight is 309 g/mol. The Balaban J connectivity index is 1.91. The molecule has 0 bridgehead atoms. The topological polar surface area (TPSA) is 17.1 Å². The molecule has 20 heavy (non-hydrogen) atoms. The quantitative estimate of drug-likeness (QED) is 0.745. The highest BCUT2D eigenvalue weighted by Gasteiger charge is 2.07. The van der Waals surface area contributed by atoms with Gasteiger partial charge in [-0.1, -0.05) is 35.4 Å². The second-order valence-corrected chi connectivity index (χ2v) is 6.03. The largest absolute Gasteiger partial charge is 0.298 e. The molecule has 0 spiro atoms. The number of aryl methyl sites for hydroxylation is 1. The molecule has 4 heteroatoms. The van der Waals surface area contributed by atoms with Gasteiger partial charge < -0.3 is 0 Å². The van der Waals surface area contributed by atoms with Crippen LogP contribution in [0, 0.1) is 12.7 Å². The van der Waals surface area contributed by atoms with Crippen molar-refractivity contribution in [3.63, 3.8) is 0 Å². The smallest absolute Gasteiger partial charge is 0.147 e. The average Bonchev–Trinajstić information content (AvgIpc) is 2.41. The normalized spacial score (nSPS) is 10.6. The summed E-state index contributed by atoms with van der Waals surface area (Å²) in [6.07, 6.45) is 0.229. The van der Waals surface area contributed by atoms with Gasteiger partial charge in [0.1, 0.15) is 11.6 Å². The van der Waals surface area contributed by atoms with E-state index in [1.807, 2.05) is 31.2 Å². The van der Waals surface area contributed by atoms with Gasteiger partial charge in [-0.25, -0.2) is 4.39 Å². The van der Waals surface area contributed by atoms with Gasteiger partial charge in [-0.2, -0.15) is 0 Å². The van der Waals surface area contributed by atoms with Crippen LogP contribution in [0.25, 0.3) is 0 Å². The zero-order chi connectivity index (χ0) is 14.5. The number of halogens is 2. The maximum absolute atomic E-state index is 13.3. The van der Waals surface area contributed by atoms with Gasteiger partial charge in [-0.05, 0) is 36.8 Å². The first kappa shape index (κ1) is 15.1. The third-order valence-electron chi connectivity index (χ3n) is 2.77. The van der Waals surface area contributed by atoms with Crippen molar-refractivity contribution in [1.29, 1.82) is 0 Å². The summed E-state index contributed by atoms with van der Waals surface area (Å²) in [4.78, 5) is 13.0. The van der Waals surface area contributed by atoms with E-state index in [4.69, 9.17) is 11.6 Å². The van der Waals surface area contributed by atoms with E-state index in [-0.39, 0.29) is 17.2 Å². The molecule has 0 saturated heterocycles. The SMILES string of the molecule is Cc1cccc(SCC(=O)Cc2ccc(Cl)c(F)c2)c1.